The van der Waals surface area contributed by atoms with Crippen LogP contribution >= 0.6 is 11.6 Å². The van der Waals surface area contributed by atoms with Crippen molar-refractivity contribution in [1.82, 2.24) is 13.9 Å². The molecule has 0 amide bonds. The minimum absolute atomic E-state index is 0.231. The third-order valence-corrected chi connectivity index (χ3v) is 5.30. The molecule has 2 rings (SSSR count). The van der Waals surface area contributed by atoms with E-state index in [9.17, 15) is 8.42 Å². The first-order valence-electron chi connectivity index (χ1n) is 6.44. The standard InChI is InChI=1S/C14H18ClN3O2S/c1-11-5-4-6-12(16-11)9-18(3)21(19,20)14-7-13(8-15)17(2)10-14/h4-7,10H,8-9H2,1-3H3. The zero-order chi connectivity index (χ0) is 15.6. The van der Waals surface area contributed by atoms with E-state index >= 15 is 0 Å². The van der Waals surface area contributed by atoms with E-state index in [-0.39, 0.29) is 17.3 Å². The van der Waals surface area contributed by atoms with E-state index in [1.54, 1.807) is 30.9 Å². The first kappa shape index (κ1) is 16.0. The number of hydrogen-bond donors (Lipinski definition) is 0. The molecular weight excluding hydrogens is 310 g/mol. The van der Waals surface area contributed by atoms with E-state index in [0.717, 1.165) is 17.1 Å². The van der Waals surface area contributed by atoms with E-state index in [4.69, 9.17) is 11.6 Å². The Hall–Kier alpha value is -1.37. The van der Waals surface area contributed by atoms with Crippen LogP contribution in [0.3, 0.4) is 0 Å². The first-order valence-corrected chi connectivity index (χ1v) is 8.42. The number of hydrogen-bond acceptors (Lipinski definition) is 3. The largest absolute Gasteiger partial charge is 0.352 e. The summed E-state index contributed by atoms with van der Waals surface area (Å²) in [6.07, 6.45) is 1.58. The molecule has 0 radical (unpaired) electrons. The molecule has 0 N–H and O–H groups in total. The van der Waals surface area contributed by atoms with Gasteiger partial charge < -0.3 is 4.57 Å². The highest BCUT2D eigenvalue weighted by atomic mass is 35.5. The Morgan fingerprint density at radius 3 is 2.67 bits per heavy atom. The Balaban J connectivity index is 2.26. The van der Waals surface area contributed by atoms with Gasteiger partial charge in [-0.1, -0.05) is 6.07 Å². The summed E-state index contributed by atoms with van der Waals surface area (Å²) in [5.74, 6) is 0.273. The third-order valence-electron chi connectivity index (χ3n) is 3.26. The average molecular weight is 328 g/mol. The fraction of sp³-hybridized carbons (Fsp3) is 0.357. The summed E-state index contributed by atoms with van der Waals surface area (Å²) in [5.41, 5.74) is 2.34. The highest BCUT2D eigenvalue weighted by Gasteiger charge is 2.23. The second-order valence-corrected chi connectivity index (χ2v) is 7.26. The minimum Gasteiger partial charge on any atom is -0.352 e. The fourth-order valence-electron chi connectivity index (χ4n) is 2.03. The molecule has 0 saturated carbocycles. The van der Waals surface area contributed by atoms with E-state index < -0.39 is 10.0 Å². The zero-order valence-corrected chi connectivity index (χ0v) is 13.8. The number of halogens is 1. The molecule has 0 fully saturated rings. The minimum atomic E-state index is -3.55. The summed E-state index contributed by atoms with van der Waals surface area (Å²) in [5, 5.41) is 0. The molecule has 0 aliphatic rings. The molecule has 0 bridgehead atoms. The van der Waals surface area contributed by atoms with Crippen molar-refractivity contribution in [3.63, 3.8) is 0 Å². The quantitative estimate of drug-likeness (QED) is 0.792. The van der Waals surface area contributed by atoms with Crippen molar-refractivity contribution in [2.75, 3.05) is 7.05 Å². The zero-order valence-electron chi connectivity index (χ0n) is 12.2. The van der Waals surface area contributed by atoms with Gasteiger partial charge in [-0.15, -0.1) is 11.6 Å². The van der Waals surface area contributed by atoms with Crippen LogP contribution in [-0.2, 0) is 29.5 Å². The van der Waals surface area contributed by atoms with Crippen molar-refractivity contribution in [3.8, 4) is 0 Å². The maximum absolute atomic E-state index is 12.5. The summed E-state index contributed by atoms with van der Waals surface area (Å²) in [4.78, 5) is 4.57. The Morgan fingerprint density at radius 2 is 2.10 bits per heavy atom. The molecule has 0 saturated heterocycles. The summed E-state index contributed by atoms with van der Waals surface area (Å²) in [7, 11) is -0.223. The van der Waals surface area contributed by atoms with Crippen molar-refractivity contribution in [2.24, 2.45) is 7.05 Å². The number of pyridine rings is 1. The van der Waals surface area contributed by atoms with Crippen LogP contribution in [0.1, 0.15) is 17.1 Å². The van der Waals surface area contributed by atoms with Crippen LogP contribution in [0.25, 0.3) is 0 Å². The number of aryl methyl sites for hydroxylation is 2. The smallest absolute Gasteiger partial charge is 0.244 e. The number of rotatable bonds is 5. The van der Waals surface area contributed by atoms with E-state index in [0.29, 0.717) is 0 Å². The summed E-state index contributed by atoms with van der Waals surface area (Å²) in [6, 6.07) is 7.16. The van der Waals surface area contributed by atoms with Crippen LogP contribution in [0.2, 0.25) is 0 Å². The predicted octanol–water partition coefficient (Wildman–Crippen LogP) is 2.29. The van der Waals surface area contributed by atoms with E-state index in [1.807, 2.05) is 25.1 Å². The lowest BCUT2D eigenvalue weighted by atomic mass is 10.3. The molecule has 0 aromatic carbocycles. The van der Waals surface area contributed by atoms with Crippen LogP contribution in [0.15, 0.2) is 35.4 Å². The molecule has 21 heavy (non-hydrogen) atoms. The van der Waals surface area contributed by atoms with Crippen LogP contribution in [0.4, 0.5) is 0 Å². The molecule has 2 aromatic heterocycles. The Morgan fingerprint density at radius 1 is 1.38 bits per heavy atom. The topological polar surface area (TPSA) is 55.2 Å². The van der Waals surface area contributed by atoms with Gasteiger partial charge in [-0.05, 0) is 25.1 Å². The summed E-state index contributed by atoms with van der Waals surface area (Å²) >= 11 is 5.78. The number of sulfonamides is 1. The Labute approximate surface area is 130 Å². The van der Waals surface area contributed by atoms with Gasteiger partial charge in [0.1, 0.15) is 4.90 Å². The molecule has 0 aliphatic heterocycles. The Bertz CT molecular complexity index is 740. The molecule has 0 aliphatic carbocycles. The highest BCUT2D eigenvalue weighted by molar-refractivity contribution is 7.89. The lowest BCUT2D eigenvalue weighted by Crippen LogP contribution is -2.26. The average Bonchev–Trinajstić information content (AvgIpc) is 2.80. The van der Waals surface area contributed by atoms with Crippen molar-refractivity contribution < 1.29 is 8.42 Å². The second-order valence-electron chi connectivity index (χ2n) is 4.94. The number of nitrogens with zero attached hydrogens (tertiary/aromatic N) is 3. The van der Waals surface area contributed by atoms with Gasteiger partial charge >= 0.3 is 0 Å². The second kappa shape index (κ2) is 6.17. The summed E-state index contributed by atoms with van der Waals surface area (Å²) in [6.45, 7) is 2.11. The number of aromatic nitrogens is 2. The number of alkyl halides is 1. The maximum Gasteiger partial charge on any atom is 0.244 e. The van der Waals surface area contributed by atoms with Gasteiger partial charge in [0, 0.05) is 31.7 Å². The molecule has 0 unspecified atom stereocenters. The molecule has 2 aromatic rings. The van der Waals surface area contributed by atoms with Crippen LogP contribution in [0, 0.1) is 6.92 Å². The van der Waals surface area contributed by atoms with Gasteiger partial charge in [0.25, 0.3) is 0 Å². The van der Waals surface area contributed by atoms with Gasteiger partial charge in [-0.25, -0.2) is 8.42 Å². The van der Waals surface area contributed by atoms with Gasteiger partial charge in [0.15, 0.2) is 0 Å². The molecule has 114 valence electrons. The van der Waals surface area contributed by atoms with Crippen molar-refractivity contribution >= 4 is 21.6 Å². The van der Waals surface area contributed by atoms with Gasteiger partial charge in [0.2, 0.25) is 10.0 Å². The first-order chi connectivity index (χ1) is 9.84. The normalized spacial score (nSPS) is 12.0. The van der Waals surface area contributed by atoms with Crippen molar-refractivity contribution in [3.05, 3.63) is 47.5 Å². The molecule has 5 nitrogen and oxygen atoms in total. The van der Waals surface area contributed by atoms with Crippen LogP contribution < -0.4 is 0 Å². The van der Waals surface area contributed by atoms with Crippen LogP contribution in [-0.4, -0.2) is 29.3 Å². The van der Waals surface area contributed by atoms with Crippen molar-refractivity contribution in [1.29, 1.82) is 0 Å². The van der Waals surface area contributed by atoms with Crippen LogP contribution in [0.5, 0.6) is 0 Å². The maximum atomic E-state index is 12.5. The molecular formula is C14H18ClN3O2S. The van der Waals surface area contributed by atoms with Gasteiger partial charge in [0.05, 0.1) is 18.1 Å². The molecule has 2 heterocycles. The molecule has 7 heteroatoms. The lowest BCUT2D eigenvalue weighted by Gasteiger charge is -2.16. The third kappa shape index (κ3) is 3.45. The van der Waals surface area contributed by atoms with Gasteiger partial charge in [-0.3, -0.25) is 4.98 Å². The molecule has 0 atom stereocenters. The van der Waals surface area contributed by atoms with E-state index in [1.165, 1.54) is 4.31 Å². The monoisotopic (exact) mass is 327 g/mol. The van der Waals surface area contributed by atoms with Gasteiger partial charge in [-0.2, -0.15) is 4.31 Å². The summed E-state index contributed by atoms with van der Waals surface area (Å²) < 4.78 is 28.1. The molecule has 0 spiro atoms. The van der Waals surface area contributed by atoms with E-state index in [2.05, 4.69) is 4.98 Å². The predicted molar refractivity (Wildman–Crippen MR) is 82.6 cm³/mol. The lowest BCUT2D eigenvalue weighted by molar-refractivity contribution is 0.462. The van der Waals surface area contributed by atoms with Crippen molar-refractivity contribution in [2.45, 2.75) is 24.2 Å². The fourth-order valence-corrected chi connectivity index (χ4v) is 3.54. The highest BCUT2D eigenvalue weighted by Crippen LogP contribution is 2.19. The SMILES string of the molecule is Cc1cccc(CN(C)S(=O)(=O)c2cc(CCl)n(C)c2)n1. The Kier molecular flexibility index (Phi) is 4.70.